The molecule has 0 radical (unpaired) electrons. The fraction of sp³-hybridized carbons (Fsp3) is 0.875. The van der Waals surface area contributed by atoms with Crippen LogP contribution in [0.2, 0.25) is 0 Å². The van der Waals surface area contributed by atoms with Crippen LogP contribution in [0.15, 0.2) is 0 Å². The summed E-state index contributed by atoms with van der Waals surface area (Å²) < 4.78 is 5.86. The molecule has 0 aromatic rings. The zero-order valence-corrected chi connectivity index (χ0v) is 12.9. The molecule has 5 fully saturated rings. The number of nitrogens with zero attached hydrogens (tertiary/aromatic N) is 1. The van der Waals surface area contributed by atoms with Crippen molar-refractivity contribution >= 4 is 12.0 Å². The topological polar surface area (TPSA) is 98.7 Å². The van der Waals surface area contributed by atoms with Crippen molar-refractivity contribution < 1.29 is 14.3 Å². The van der Waals surface area contributed by atoms with Crippen LogP contribution in [0, 0.1) is 23.2 Å². The van der Waals surface area contributed by atoms with Crippen LogP contribution in [0.25, 0.3) is 0 Å². The first-order valence-corrected chi connectivity index (χ1v) is 8.48. The van der Waals surface area contributed by atoms with Gasteiger partial charge in [-0.05, 0) is 56.3 Å². The number of likely N-dealkylation sites (tertiary alicyclic amines) is 1. The van der Waals surface area contributed by atoms with Crippen LogP contribution in [0.1, 0.15) is 38.5 Å². The number of hydrogen-bond acceptors (Lipinski definition) is 4. The van der Waals surface area contributed by atoms with Crippen LogP contribution in [-0.4, -0.2) is 42.1 Å². The largest absolute Gasteiger partial charge is 0.446 e. The molecule has 2 amide bonds. The molecule has 3 atom stereocenters. The Bertz CT molecular complexity index is 493. The fourth-order valence-corrected chi connectivity index (χ4v) is 5.62. The summed E-state index contributed by atoms with van der Waals surface area (Å²) in [4.78, 5) is 26.0. The Balaban J connectivity index is 1.46. The van der Waals surface area contributed by atoms with Gasteiger partial charge < -0.3 is 21.1 Å². The van der Waals surface area contributed by atoms with E-state index in [1.165, 1.54) is 0 Å². The number of primary amides is 1. The molecule has 6 nitrogen and oxygen atoms in total. The van der Waals surface area contributed by atoms with E-state index in [-0.39, 0.29) is 29.6 Å². The molecule has 2 unspecified atom stereocenters. The maximum atomic E-state index is 12.4. The first kappa shape index (κ1) is 14.3. The van der Waals surface area contributed by atoms with Crippen molar-refractivity contribution in [2.75, 3.05) is 13.1 Å². The number of hydrogen-bond donors (Lipinski definition) is 2. The van der Waals surface area contributed by atoms with Crippen LogP contribution in [0.3, 0.4) is 0 Å². The van der Waals surface area contributed by atoms with Gasteiger partial charge in [0.2, 0.25) is 5.91 Å². The summed E-state index contributed by atoms with van der Waals surface area (Å²) in [6.45, 7) is 1.28. The molecule has 4 aliphatic carbocycles. The van der Waals surface area contributed by atoms with Crippen molar-refractivity contribution in [3.8, 4) is 0 Å². The molecule has 22 heavy (non-hydrogen) atoms. The molecule has 1 saturated heterocycles. The highest BCUT2D eigenvalue weighted by Gasteiger charge is 2.59. The van der Waals surface area contributed by atoms with Crippen LogP contribution in [-0.2, 0) is 9.53 Å². The second-order valence-electron chi connectivity index (χ2n) is 7.96. The molecular weight excluding hydrogens is 282 g/mol. The van der Waals surface area contributed by atoms with E-state index in [1.54, 1.807) is 4.90 Å². The minimum atomic E-state index is -0.324. The molecule has 0 spiro atoms. The lowest BCUT2D eigenvalue weighted by Crippen LogP contribution is -2.59. The minimum absolute atomic E-state index is 0.0339. The van der Waals surface area contributed by atoms with Gasteiger partial charge in [0.1, 0.15) is 6.10 Å². The zero-order valence-electron chi connectivity index (χ0n) is 12.9. The third-order valence-corrected chi connectivity index (χ3v) is 6.43. The predicted octanol–water partition coefficient (Wildman–Crippen LogP) is 0.836. The summed E-state index contributed by atoms with van der Waals surface area (Å²) in [6.07, 6.45) is 5.27. The molecule has 5 rings (SSSR count). The summed E-state index contributed by atoms with van der Waals surface area (Å²) in [5.41, 5.74) is 11.2. The Hall–Kier alpha value is -1.30. The van der Waals surface area contributed by atoms with E-state index in [9.17, 15) is 9.59 Å². The lowest BCUT2D eigenvalue weighted by Gasteiger charge is -2.58. The van der Waals surface area contributed by atoms with E-state index in [0.29, 0.717) is 30.8 Å². The number of carbonyl (C=O) groups excluding carboxylic acids is 2. The number of amides is 2. The number of carbonyl (C=O) groups is 2. The van der Waals surface area contributed by atoms with Gasteiger partial charge in [-0.2, -0.15) is 0 Å². The second-order valence-corrected chi connectivity index (χ2v) is 7.96. The normalized spacial score (nSPS) is 46.0. The molecule has 122 valence electrons. The average Bonchev–Trinajstić information content (AvgIpc) is 2.88. The molecule has 5 aliphatic rings. The van der Waals surface area contributed by atoms with Crippen molar-refractivity contribution in [3.05, 3.63) is 0 Å². The average molecular weight is 307 g/mol. The number of ether oxygens (including phenoxy) is 1. The van der Waals surface area contributed by atoms with E-state index in [4.69, 9.17) is 16.2 Å². The zero-order chi connectivity index (χ0) is 15.5. The van der Waals surface area contributed by atoms with Crippen molar-refractivity contribution in [1.82, 2.24) is 4.90 Å². The number of rotatable bonds is 2. The molecule has 6 heteroatoms. The quantitative estimate of drug-likeness (QED) is 0.789. The molecule has 4 N–H and O–H groups in total. The summed E-state index contributed by atoms with van der Waals surface area (Å²) in [6, 6.07) is 0.0733. The van der Waals surface area contributed by atoms with Crippen molar-refractivity contribution in [1.29, 1.82) is 0 Å². The summed E-state index contributed by atoms with van der Waals surface area (Å²) in [5.74, 6) is 1.04. The fourth-order valence-electron chi connectivity index (χ4n) is 5.62. The Kier molecular flexibility index (Phi) is 3.15. The highest BCUT2D eigenvalue weighted by molar-refractivity contribution is 5.81. The molecule has 4 saturated carbocycles. The summed E-state index contributed by atoms with van der Waals surface area (Å²) >= 11 is 0. The van der Waals surface area contributed by atoms with Crippen LogP contribution < -0.4 is 11.5 Å². The maximum Gasteiger partial charge on any atom is 0.410 e. The third-order valence-electron chi connectivity index (χ3n) is 6.43. The maximum absolute atomic E-state index is 12.4. The van der Waals surface area contributed by atoms with E-state index in [0.717, 1.165) is 38.5 Å². The van der Waals surface area contributed by atoms with Gasteiger partial charge in [0, 0.05) is 19.1 Å². The lowest BCUT2D eigenvalue weighted by atomic mass is 9.48. The predicted molar refractivity (Wildman–Crippen MR) is 79.6 cm³/mol. The first-order chi connectivity index (χ1) is 10.5. The van der Waals surface area contributed by atoms with Gasteiger partial charge in [-0.1, -0.05) is 0 Å². The Labute approximate surface area is 130 Å². The third kappa shape index (κ3) is 2.11. The van der Waals surface area contributed by atoms with Crippen molar-refractivity contribution in [3.63, 3.8) is 0 Å². The Morgan fingerprint density at radius 3 is 2.36 bits per heavy atom. The van der Waals surface area contributed by atoms with Crippen LogP contribution in [0.4, 0.5) is 4.79 Å². The van der Waals surface area contributed by atoms with E-state index in [1.807, 2.05) is 0 Å². The monoisotopic (exact) mass is 307 g/mol. The van der Waals surface area contributed by atoms with E-state index >= 15 is 0 Å². The van der Waals surface area contributed by atoms with E-state index < -0.39 is 0 Å². The van der Waals surface area contributed by atoms with Gasteiger partial charge in [-0.25, -0.2) is 4.79 Å². The number of nitrogens with two attached hydrogens (primary N) is 2. The van der Waals surface area contributed by atoms with Gasteiger partial charge in [0.15, 0.2) is 0 Å². The Morgan fingerprint density at radius 2 is 1.82 bits per heavy atom. The van der Waals surface area contributed by atoms with Gasteiger partial charge in [-0.15, -0.1) is 0 Å². The molecular formula is C16H25N3O3. The van der Waals surface area contributed by atoms with Gasteiger partial charge >= 0.3 is 6.09 Å². The smallest absolute Gasteiger partial charge is 0.410 e. The van der Waals surface area contributed by atoms with Crippen LogP contribution >= 0.6 is 0 Å². The van der Waals surface area contributed by atoms with Gasteiger partial charge in [0.25, 0.3) is 0 Å². The van der Waals surface area contributed by atoms with Gasteiger partial charge in [0.05, 0.1) is 5.41 Å². The van der Waals surface area contributed by atoms with Crippen LogP contribution in [0.5, 0.6) is 0 Å². The molecule has 1 heterocycles. The first-order valence-electron chi connectivity index (χ1n) is 8.48. The summed E-state index contributed by atoms with van der Waals surface area (Å²) in [5, 5.41) is 0. The second kappa shape index (κ2) is 4.85. The lowest BCUT2D eigenvalue weighted by molar-refractivity contribution is -0.161. The Morgan fingerprint density at radius 1 is 1.14 bits per heavy atom. The SMILES string of the molecule is NC(=O)C12CC3CC(C1)C(OC(=O)N1CC[C@@H](N)C1)C(C3)C2. The molecule has 4 bridgehead atoms. The van der Waals surface area contributed by atoms with Crippen molar-refractivity contribution in [2.24, 2.45) is 34.6 Å². The standard InChI is InChI=1S/C16H25N3O3/c17-12-1-2-19(8-12)15(21)22-13-10-3-9-4-11(13)7-16(5-9,6-10)14(18)20/h9-13H,1-8,17H2,(H2,18,20)/t9?,10?,11?,12-,13?,16?/m1/s1. The highest BCUT2D eigenvalue weighted by Crippen LogP contribution is 2.60. The molecule has 1 aliphatic heterocycles. The molecule has 0 aromatic carbocycles. The molecule has 0 aromatic heterocycles. The van der Waals surface area contributed by atoms with Crippen molar-refractivity contribution in [2.45, 2.75) is 50.7 Å². The highest BCUT2D eigenvalue weighted by atomic mass is 16.6. The summed E-state index contributed by atoms with van der Waals surface area (Å²) in [7, 11) is 0. The van der Waals surface area contributed by atoms with E-state index in [2.05, 4.69) is 0 Å². The minimum Gasteiger partial charge on any atom is -0.446 e. The van der Waals surface area contributed by atoms with Gasteiger partial charge in [-0.3, -0.25) is 4.79 Å².